The summed E-state index contributed by atoms with van der Waals surface area (Å²) >= 11 is 0. The number of ether oxygens (including phenoxy) is 2. The maximum atomic E-state index is 5.17. The summed E-state index contributed by atoms with van der Waals surface area (Å²) in [6, 6.07) is 4.26. The number of pyridine rings is 1. The quantitative estimate of drug-likeness (QED) is 0.538. The number of allylic oxidation sites excluding steroid dienone is 3. The second-order valence-electron chi connectivity index (χ2n) is 6.44. The molecule has 1 saturated heterocycles. The molecular weight excluding hydrogens is 326 g/mol. The number of piperidine rings is 1. The maximum absolute atomic E-state index is 5.17. The van der Waals surface area contributed by atoms with Gasteiger partial charge in [0.15, 0.2) is 0 Å². The van der Waals surface area contributed by atoms with Crippen molar-refractivity contribution in [2.75, 3.05) is 38.8 Å². The Labute approximate surface area is 157 Å². The van der Waals surface area contributed by atoms with Gasteiger partial charge in [0.2, 0.25) is 0 Å². The number of hydrogen-bond donors (Lipinski definition) is 1. The first-order valence-electron chi connectivity index (χ1n) is 9.24. The summed E-state index contributed by atoms with van der Waals surface area (Å²) in [5, 5.41) is 3.47. The molecule has 0 saturated carbocycles. The third kappa shape index (κ3) is 6.92. The van der Waals surface area contributed by atoms with Crippen LogP contribution in [0.2, 0.25) is 0 Å². The largest absolute Gasteiger partial charge is 0.504 e. The van der Waals surface area contributed by atoms with Crippen LogP contribution < -0.4 is 10.2 Å². The predicted molar refractivity (Wildman–Crippen MR) is 107 cm³/mol. The maximum Gasteiger partial charge on any atom is 0.128 e. The SMILES string of the molecule is CO/C=C(/C=C\C=C(/C)OC)CNCc1ccnc(N2CCCCC2)c1. The van der Waals surface area contributed by atoms with E-state index in [-0.39, 0.29) is 0 Å². The number of aromatic nitrogens is 1. The van der Waals surface area contributed by atoms with Gasteiger partial charge in [0.1, 0.15) is 5.82 Å². The summed E-state index contributed by atoms with van der Waals surface area (Å²) in [6.07, 6.45) is 13.4. The molecule has 0 atom stereocenters. The summed E-state index contributed by atoms with van der Waals surface area (Å²) in [5.41, 5.74) is 2.31. The summed E-state index contributed by atoms with van der Waals surface area (Å²) in [5.74, 6) is 1.96. The third-order valence-corrected chi connectivity index (χ3v) is 4.38. The Morgan fingerprint density at radius 2 is 2.08 bits per heavy atom. The van der Waals surface area contributed by atoms with Gasteiger partial charge in [-0.15, -0.1) is 0 Å². The van der Waals surface area contributed by atoms with Gasteiger partial charge in [0.25, 0.3) is 0 Å². The fourth-order valence-electron chi connectivity index (χ4n) is 2.88. The molecule has 0 bridgehead atoms. The number of nitrogens with zero attached hydrogens (tertiary/aromatic N) is 2. The fraction of sp³-hybridized carbons (Fsp3) is 0.476. The molecule has 1 N–H and O–H groups in total. The Morgan fingerprint density at radius 3 is 2.81 bits per heavy atom. The van der Waals surface area contributed by atoms with Crippen LogP contribution in [-0.2, 0) is 16.0 Å². The van der Waals surface area contributed by atoms with Gasteiger partial charge in [-0.2, -0.15) is 0 Å². The molecule has 0 amide bonds. The van der Waals surface area contributed by atoms with Crippen molar-refractivity contribution < 1.29 is 9.47 Å². The van der Waals surface area contributed by atoms with Crippen LogP contribution in [0.3, 0.4) is 0 Å². The van der Waals surface area contributed by atoms with E-state index in [0.717, 1.165) is 43.3 Å². The average molecular weight is 357 g/mol. The van der Waals surface area contributed by atoms with Gasteiger partial charge in [-0.25, -0.2) is 4.98 Å². The van der Waals surface area contributed by atoms with Gasteiger partial charge >= 0.3 is 0 Å². The van der Waals surface area contributed by atoms with Crippen LogP contribution in [0.4, 0.5) is 5.82 Å². The molecule has 5 nitrogen and oxygen atoms in total. The second kappa shape index (κ2) is 11.4. The molecule has 0 aliphatic carbocycles. The predicted octanol–water partition coefficient (Wildman–Crippen LogP) is 3.80. The van der Waals surface area contributed by atoms with Crippen LogP contribution in [0.15, 0.2) is 54.2 Å². The van der Waals surface area contributed by atoms with Gasteiger partial charge in [0, 0.05) is 37.9 Å². The minimum absolute atomic E-state index is 0.728. The molecule has 1 aliphatic rings. The molecule has 2 heterocycles. The Hall–Kier alpha value is -2.27. The van der Waals surface area contributed by atoms with Crippen molar-refractivity contribution >= 4 is 5.82 Å². The Kier molecular flexibility index (Phi) is 8.76. The lowest BCUT2D eigenvalue weighted by Crippen LogP contribution is -2.30. The van der Waals surface area contributed by atoms with E-state index in [4.69, 9.17) is 9.47 Å². The van der Waals surface area contributed by atoms with Crippen molar-refractivity contribution in [2.24, 2.45) is 0 Å². The first-order valence-corrected chi connectivity index (χ1v) is 9.24. The van der Waals surface area contributed by atoms with Gasteiger partial charge < -0.3 is 19.7 Å². The van der Waals surface area contributed by atoms with E-state index >= 15 is 0 Å². The number of hydrogen-bond acceptors (Lipinski definition) is 5. The molecule has 142 valence electrons. The van der Waals surface area contributed by atoms with Crippen molar-refractivity contribution in [1.82, 2.24) is 10.3 Å². The molecule has 0 aromatic carbocycles. The van der Waals surface area contributed by atoms with Crippen LogP contribution in [-0.4, -0.2) is 38.8 Å². The monoisotopic (exact) mass is 357 g/mol. The van der Waals surface area contributed by atoms with Gasteiger partial charge in [-0.1, -0.05) is 12.2 Å². The van der Waals surface area contributed by atoms with Crippen molar-refractivity contribution in [3.05, 3.63) is 59.7 Å². The van der Waals surface area contributed by atoms with E-state index in [1.807, 2.05) is 31.3 Å². The Morgan fingerprint density at radius 1 is 1.27 bits per heavy atom. The van der Waals surface area contributed by atoms with E-state index in [1.165, 1.54) is 24.8 Å². The lowest BCUT2D eigenvalue weighted by molar-refractivity contribution is 0.294. The summed E-state index contributed by atoms with van der Waals surface area (Å²) < 4.78 is 10.3. The molecule has 2 rings (SSSR count). The lowest BCUT2D eigenvalue weighted by Gasteiger charge is -2.27. The zero-order valence-electron chi connectivity index (χ0n) is 16.2. The van der Waals surface area contributed by atoms with E-state index in [1.54, 1.807) is 20.5 Å². The minimum Gasteiger partial charge on any atom is -0.504 e. The number of methoxy groups -OCH3 is 2. The first kappa shape index (κ1) is 20.0. The van der Waals surface area contributed by atoms with E-state index < -0.39 is 0 Å². The van der Waals surface area contributed by atoms with Gasteiger partial charge in [-0.3, -0.25) is 0 Å². The van der Waals surface area contributed by atoms with Gasteiger partial charge in [-0.05, 0) is 50.0 Å². The normalized spacial score (nSPS) is 16.2. The highest BCUT2D eigenvalue weighted by Gasteiger charge is 2.12. The van der Waals surface area contributed by atoms with E-state index in [9.17, 15) is 0 Å². The van der Waals surface area contributed by atoms with Crippen LogP contribution in [0, 0.1) is 0 Å². The topological polar surface area (TPSA) is 46.6 Å². The third-order valence-electron chi connectivity index (χ3n) is 4.38. The Balaban J connectivity index is 1.87. The molecule has 0 spiro atoms. The first-order chi connectivity index (χ1) is 12.7. The molecule has 1 aliphatic heterocycles. The summed E-state index contributed by atoms with van der Waals surface area (Å²) in [7, 11) is 3.33. The van der Waals surface area contributed by atoms with Crippen molar-refractivity contribution in [2.45, 2.75) is 32.7 Å². The smallest absolute Gasteiger partial charge is 0.128 e. The molecular formula is C21H31N3O2. The van der Waals surface area contributed by atoms with Crippen LogP contribution >= 0.6 is 0 Å². The highest BCUT2D eigenvalue weighted by molar-refractivity contribution is 5.41. The van der Waals surface area contributed by atoms with Crippen molar-refractivity contribution in [3.63, 3.8) is 0 Å². The molecule has 1 aromatic heterocycles. The number of anilines is 1. The molecule has 26 heavy (non-hydrogen) atoms. The van der Waals surface area contributed by atoms with Crippen molar-refractivity contribution in [3.8, 4) is 0 Å². The zero-order valence-corrected chi connectivity index (χ0v) is 16.2. The average Bonchev–Trinajstić information content (AvgIpc) is 2.68. The molecule has 1 fully saturated rings. The standard InChI is InChI=1S/C21H31N3O2/c1-18(26-3)8-7-9-20(17-25-2)16-22-15-19-10-11-23-21(14-19)24-12-5-4-6-13-24/h7-11,14,17,22H,4-6,12-13,15-16H2,1-3H3/b9-7-,18-8+,20-17-. The van der Waals surface area contributed by atoms with Crippen LogP contribution in [0.25, 0.3) is 0 Å². The second-order valence-corrected chi connectivity index (χ2v) is 6.44. The Bertz CT molecular complexity index is 632. The van der Waals surface area contributed by atoms with E-state index in [2.05, 4.69) is 27.3 Å². The molecule has 1 aromatic rings. The molecule has 5 heteroatoms. The molecule has 0 radical (unpaired) electrons. The fourth-order valence-corrected chi connectivity index (χ4v) is 2.88. The summed E-state index contributed by atoms with van der Waals surface area (Å²) in [6.45, 7) is 5.68. The lowest BCUT2D eigenvalue weighted by atomic mass is 10.1. The number of rotatable bonds is 9. The van der Waals surface area contributed by atoms with Crippen LogP contribution in [0.1, 0.15) is 31.7 Å². The van der Waals surface area contributed by atoms with Gasteiger partial charge in [0.05, 0.1) is 26.2 Å². The zero-order chi connectivity index (χ0) is 18.6. The van der Waals surface area contributed by atoms with Crippen LogP contribution in [0.5, 0.6) is 0 Å². The highest BCUT2D eigenvalue weighted by Crippen LogP contribution is 2.18. The highest BCUT2D eigenvalue weighted by atomic mass is 16.5. The van der Waals surface area contributed by atoms with E-state index in [0.29, 0.717) is 0 Å². The van der Waals surface area contributed by atoms with Crippen molar-refractivity contribution in [1.29, 1.82) is 0 Å². The summed E-state index contributed by atoms with van der Waals surface area (Å²) in [4.78, 5) is 6.92. The minimum atomic E-state index is 0.728. The molecule has 0 unspecified atom stereocenters. The number of nitrogens with one attached hydrogen (secondary N) is 1.